The van der Waals surface area contributed by atoms with Crippen LogP contribution in [0, 0.1) is 0 Å². The predicted octanol–water partition coefficient (Wildman–Crippen LogP) is -3.06. The standard InChI is InChI=1S/C18H30N6O7S/c1-9(26)14(19)17(29)22-11(3-4-32-2)15(27)24-13(7-25)16(28)23-12(18(30)31)5-10-6-20-8-21-10/h6,8-9,11-14,25-26H,3-5,7,19H2,1-2H3,(H,20,21)(H,22,29)(H,23,28)(H,24,27)(H,30,31). The number of nitrogens with zero attached hydrogens (tertiary/aromatic N) is 1. The summed E-state index contributed by atoms with van der Waals surface area (Å²) in [5.74, 6) is -3.25. The zero-order chi connectivity index (χ0) is 24.3. The summed E-state index contributed by atoms with van der Waals surface area (Å²) in [6, 6.07) is -5.12. The fourth-order valence-electron chi connectivity index (χ4n) is 2.55. The molecule has 0 bridgehead atoms. The molecule has 1 rings (SSSR count). The van der Waals surface area contributed by atoms with Crippen molar-refractivity contribution in [2.75, 3.05) is 18.6 Å². The summed E-state index contributed by atoms with van der Waals surface area (Å²) in [5, 5.41) is 35.4. The van der Waals surface area contributed by atoms with Gasteiger partial charge in [0.1, 0.15) is 24.2 Å². The average Bonchev–Trinajstić information content (AvgIpc) is 3.26. The Morgan fingerprint density at radius 3 is 2.22 bits per heavy atom. The van der Waals surface area contributed by atoms with Crippen LogP contribution in [0.25, 0.3) is 0 Å². The number of thioether (sulfide) groups is 1. The number of nitrogens with two attached hydrogens (primary N) is 1. The van der Waals surface area contributed by atoms with E-state index in [1.54, 1.807) is 6.26 Å². The van der Waals surface area contributed by atoms with Crippen LogP contribution >= 0.6 is 11.8 Å². The highest BCUT2D eigenvalue weighted by Crippen LogP contribution is 2.04. The third-order valence-electron chi connectivity index (χ3n) is 4.48. The largest absolute Gasteiger partial charge is 0.480 e. The molecule has 32 heavy (non-hydrogen) atoms. The number of imidazole rings is 1. The normalized spacial score (nSPS) is 15.7. The third kappa shape index (κ3) is 8.82. The number of aromatic amines is 1. The first kappa shape index (κ1) is 27.4. The van der Waals surface area contributed by atoms with Crippen LogP contribution in [-0.4, -0.2) is 97.9 Å². The monoisotopic (exact) mass is 474 g/mol. The molecule has 180 valence electrons. The molecule has 0 fully saturated rings. The van der Waals surface area contributed by atoms with Crippen LogP contribution in [0.5, 0.6) is 0 Å². The van der Waals surface area contributed by atoms with Crippen LogP contribution in [0.2, 0.25) is 0 Å². The molecule has 0 spiro atoms. The molecule has 0 saturated carbocycles. The Balaban J connectivity index is 2.82. The number of nitrogens with one attached hydrogen (secondary N) is 4. The van der Waals surface area contributed by atoms with Gasteiger partial charge in [0.25, 0.3) is 0 Å². The van der Waals surface area contributed by atoms with Crippen LogP contribution in [0.4, 0.5) is 0 Å². The maximum absolute atomic E-state index is 12.7. The molecule has 0 aliphatic rings. The summed E-state index contributed by atoms with van der Waals surface area (Å²) in [4.78, 5) is 55.3. The Hall–Kier alpha value is -2.68. The van der Waals surface area contributed by atoms with E-state index in [0.29, 0.717) is 11.4 Å². The van der Waals surface area contributed by atoms with Crippen molar-refractivity contribution in [1.29, 1.82) is 0 Å². The summed E-state index contributed by atoms with van der Waals surface area (Å²) in [6.45, 7) is 0.528. The van der Waals surface area contributed by atoms with E-state index >= 15 is 0 Å². The fraction of sp³-hybridized carbons (Fsp3) is 0.611. The van der Waals surface area contributed by atoms with Gasteiger partial charge in [-0.2, -0.15) is 11.8 Å². The maximum atomic E-state index is 12.7. The zero-order valence-electron chi connectivity index (χ0n) is 17.8. The first-order chi connectivity index (χ1) is 15.1. The van der Waals surface area contributed by atoms with Crippen LogP contribution in [0.3, 0.4) is 0 Å². The second-order valence-corrected chi connectivity index (χ2v) is 8.02. The van der Waals surface area contributed by atoms with Crippen molar-refractivity contribution in [3.63, 3.8) is 0 Å². The number of H-pyrrole nitrogens is 1. The maximum Gasteiger partial charge on any atom is 0.326 e. The van der Waals surface area contributed by atoms with E-state index in [1.165, 1.54) is 31.2 Å². The molecular weight excluding hydrogens is 444 g/mol. The van der Waals surface area contributed by atoms with Crippen LogP contribution < -0.4 is 21.7 Å². The van der Waals surface area contributed by atoms with Crippen molar-refractivity contribution < 1.29 is 34.5 Å². The Labute approximate surface area is 188 Å². The third-order valence-corrected chi connectivity index (χ3v) is 5.12. The van der Waals surface area contributed by atoms with Gasteiger partial charge >= 0.3 is 5.97 Å². The Bertz CT molecular complexity index is 761. The molecule has 0 radical (unpaired) electrons. The zero-order valence-corrected chi connectivity index (χ0v) is 18.6. The molecule has 0 saturated heterocycles. The van der Waals surface area contributed by atoms with E-state index in [9.17, 15) is 34.5 Å². The molecule has 1 aromatic heterocycles. The van der Waals surface area contributed by atoms with Gasteiger partial charge in [-0.1, -0.05) is 0 Å². The second kappa shape index (κ2) is 13.7. The number of carbonyl (C=O) groups excluding carboxylic acids is 3. The molecule has 9 N–H and O–H groups in total. The van der Waals surface area contributed by atoms with Crippen molar-refractivity contribution in [2.24, 2.45) is 5.73 Å². The minimum atomic E-state index is -1.45. The van der Waals surface area contributed by atoms with Crippen molar-refractivity contribution in [3.8, 4) is 0 Å². The lowest BCUT2D eigenvalue weighted by atomic mass is 10.1. The predicted molar refractivity (Wildman–Crippen MR) is 115 cm³/mol. The highest BCUT2D eigenvalue weighted by molar-refractivity contribution is 7.98. The second-order valence-electron chi connectivity index (χ2n) is 7.03. The number of hydrogen-bond acceptors (Lipinski definition) is 9. The Morgan fingerprint density at radius 2 is 1.72 bits per heavy atom. The minimum absolute atomic E-state index is 0.0865. The summed E-state index contributed by atoms with van der Waals surface area (Å²) >= 11 is 1.42. The molecule has 13 nitrogen and oxygen atoms in total. The number of aliphatic carboxylic acids is 1. The molecule has 0 aromatic carbocycles. The number of aromatic nitrogens is 2. The van der Waals surface area contributed by atoms with Gasteiger partial charge in [-0.15, -0.1) is 0 Å². The van der Waals surface area contributed by atoms with Gasteiger partial charge in [-0.05, 0) is 25.4 Å². The summed E-state index contributed by atoms with van der Waals surface area (Å²) in [7, 11) is 0. The first-order valence-electron chi connectivity index (χ1n) is 9.75. The van der Waals surface area contributed by atoms with E-state index in [0.717, 1.165) is 0 Å². The van der Waals surface area contributed by atoms with E-state index < -0.39 is 60.6 Å². The molecule has 3 amide bonds. The quantitative estimate of drug-likeness (QED) is 0.136. The Kier molecular flexibility index (Phi) is 11.7. The summed E-state index contributed by atoms with van der Waals surface area (Å²) in [6.07, 6.45) is 3.54. The molecular formula is C18H30N6O7S. The number of aliphatic hydroxyl groups excluding tert-OH is 2. The molecule has 5 atom stereocenters. The number of carboxylic acid groups (broad SMARTS) is 1. The lowest BCUT2D eigenvalue weighted by Crippen LogP contribution is -2.59. The first-order valence-corrected chi connectivity index (χ1v) is 11.1. The molecule has 1 aromatic rings. The lowest BCUT2D eigenvalue weighted by molar-refractivity contribution is -0.142. The number of carboxylic acids is 1. The average molecular weight is 475 g/mol. The van der Waals surface area contributed by atoms with Crippen molar-refractivity contribution >= 4 is 35.5 Å². The number of rotatable bonds is 14. The van der Waals surface area contributed by atoms with Gasteiger partial charge in [0, 0.05) is 18.3 Å². The lowest BCUT2D eigenvalue weighted by Gasteiger charge is -2.24. The van der Waals surface area contributed by atoms with Crippen molar-refractivity contribution in [2.45, 2.75) is 50.0 Å². The SMILES string of the molecule is CSCCC(NC(=O)C(N)C(C)O)C(=O)NC(CO)C(=O)NC(Cc1cnc[nH]1)C(=O)O. The number of aliphatic hydroxyl groups is 2. The molecule has 14 heteroatoms. The van der Waals surface area contributed by atoms with Gasteiger partial charge in [-0.25, -0.2) is 9.78 Å². The molecule has 1 heterocycles. The van der Waals surface area contributed by atoms with Gasteiger partial charge in [0.2, 0.25) is 17.7 Å². The van der Waals surface area contributed by atoms with E-state index in [-0.39, 0.29) is 12.8 Å². The fourth-order valence-corrected chi connectivity index (χ4v) is 3.02. The van der Waals surface area contributed by atoms with Gasteiger partial charge in [-0.3, -0.25) is 14.4 Å². The Morgan fingerprint density at radius 1 is 1.12 bits per heavy atom. The van der Waals surface area contributed by atoms with Crippen molar-refractivity contribution in [1.82, 2.24) is 25.9 Å². The molecule has 0 aliphatic heterocycles. The molecule has 5 unspecified atom stereocenters. The van der Waals surface area contributed by atoms with Crippen LogP contribution in [-0.2, 0) is 25.6 Å². The molecule has 0 aliphatic carbocycles. The highest BCUT2D eigenvalue weighted by atomic mass is 32.2. The highest BCUT2D eigenvalue weighted by Gasteiger charge is 2.30. The number of amides is 3. The van der Waals surface area contributed by atoms with E-state index in [1.807, 2.05) is 0 Å². The summed E-state index contributed by atoms with van der Waals surface area (Å²) in [5.41, 5.74) is 6.05. The van der Waals surface area contributed by atoms with E-state index in [2.05, 4.69) is 25.9 Å². The van der Waals surface area contributed by atoms with Gasteiger partial charge in [0.15, 0.2) is 0 Å². The van der Waals surface area contributed by atoms with E-state index in [4.69, 9.17) is 5.73 Å². The smallest absolute Gasteiger partial charge is 0.326 e. The van der Waals surface area contributed by atoms with Gasteiger partial charge in [0.05, 0.1) is 19.0 Å². The van der Waals surface area contributed by atoms with Crippen molar-refractivity contribution in [3.05, 3.63) is 18.2 Å². The minimum Gasteiger partial charge on any atom is -0.480 e. The number of carbonyl (C=O) groups is 4. The van der Waals surface area contributed by atoms with Crippen LogP contribution in [0.15, 0.2) is 12.5 Å². The summed E-state index contributed by atoms with van der Waals surface area (Å²) < 4.78 is 0. The van der Waals surface area contributed by atoms with Gasteiger partial charge < -0.3 is 42.0 Å². The number of hydrogen-bond donors (Lipinski definition) is 8. The van der Waals surface area contributed by atoms with Crippen LogP contribution in [0.1, 0.15) is 19.0 Å². The topological polar surface area (TPSA) is 220 Å².